The van der Waals surface area contributed by atoms with Gasteiger partial charge in [0.25, 0.3) is 0 Å². The van der Waals surface area contributed by atoms with Gasteiger partial charge in [-0.15, -0.1) is 11.3 Å². The molecule has 0 unspecified atom stereocenters. The van der Waals surface area contributed by atoms with Crippen LogP contribution in [0.25, 0.3) is 0 Å². The smallest absolute Gasteiger partial charge is 0.0931 e. The number of rotatable bonds is 2. The maximum atomic E-state index is 6.02. The molecule has 1 aromatic heterocycles. The Balaban J connectivity index is 1.75. The molecule has 17 heavy (non-hydrogen) atoms. The first kappa shape index (κ1) is 12.0. The van der Waals surface area contributed by atoms with E-state index in [-0.39, 0.29) is 0 Å². The Hall–Kier alpha value is -0.0900. The van der Waals surface area contributed by atoms with E-state index in [1.807, 2.05) is 6.07 Å². The van der Waals surface area contributed by atoms with Crippen molar-refractivity contribution in [2.75, 3.05) is 19.6 Å². The van der Waals surface area contributed by atoms with Crippen LogP contribution >= 0.6 is 22.9 Å². The third kappa shape index (κ3) is 2.39. The molecule has 2 aliphatic rings. The minimum Gasteiger partial charge on any atom is -0.314 e. The van der Waals surface area contributed by atoms with Crippen LogP contribution < -0.4 is 5.32 Å². The molecule has 1 spiro atoms. The second-order valence-corrected chi connectivity index (χ2v) is 7.04. The average Bonchev–Trinajstić information content (AvgIpc) is 2.93. The predicted octanol–water partition coefficient (Wildman–Crippen LogP) is 3.12. The Morgan fingerprint density at radius 2 is 2.18 bits per heavy atom. The van der Waals surface area contributed by atoms with Crippen LogP contribution in [-0.4, -0.2) is 30.1 Å². The standard InChI is InChI=1S/C13H19ClN2S/c14-12-4-3-11(17-12)9-16-8-7-15-10-13(16)5-1-2-6-13/h3-4,15H,1-2,5-10H2. The van der Waals surface area contributed by atoms with Gasteiger partial charge < -0.3 is 5.32 Å². The van der Waals surface area contributed by atoms with Crippen LogP contribution in [0.5, 0.6) is 0 Å². The van der Waals surface area contributed by atoms with E-state index in [1.165, 1.54) is 43.6 Å². The largest absolute Gasteiger partial charge is 0.314 e. The maximum absolute atomic E-state index is 6.02. The molecular weight excluding hydrogens is 252 g/mol. The molecule has 0 bridgehead atoms. The van der Waals surface area contributed by atoms with Gasteiger partial charge in [0, 0.05) is 36.6 Å². The lowest BCUT2D eigenvalue weighted by Crippen LogP contribution is -2.59. The number of nitrogens with zero attached hydrogens (tertiary/aromatic N) is 1. The summed E-state index contributed by atoms with van der Waals surface area (Å²) in [6.45, 7) is 4.56. The lowest BCUT2D eigenvalue weighted by Gasteiger charge is -2.45. The maximum Gasteiger partial charge on any atom is 0.0931 e. The number of thiophene rings is 1. The summed E-state index contributed by atoms with van der Waals surface area (Å²) in [5, 5.41) is 3.57. The minimum atomic E-state index is 0.439. The molecule has 1 saturated carbocycles. The first-order valence-electron chi connectivity index (χ1n) is 6.49. The lowest BCUT2D eigenvalue weighted by atomic mass is 9.92. The minimum absolute atomic E-state index is 0.439. The Kier molecular flexibility index (Phi) is 3.44. The van der Waals surface area contributed by atoms with Crippen molar-refractivity contribution in [3.05, 3.63) is 21.3 Å². The molecule has 0 atom stereocenters. The molecule has 1 aliphatic heterocycles. The van der Waals surface area contributed by atoms with Gasteiger partial charge in [0.1, 0.15) is 0 Å². The van der Waals surface area contributed by atoms with Crippen molar-refractivity contribution in [1.82, 2.24) is 10.2 Å². The Labute approximate surface area is 112 Å². The van der Waals surface area contributed by atoms with Crippen LogP contribution in [0.4, 0.5) is 0 Å². The van der Waals surface area contributed by atoms with Gasteiger partial charge in [-0.3, -0.25) is 4.90 Å². The second-order valence-electron chi connectivity index (χ2n) is 5.24. The third-order valence-corrected chi connectivity index (χ3v) is 5.41. The van der Waals surface area contributed by atoms with E-state index in [2.05, 4.69) is 16.3 Å². The summed E-state index contributed by atoms with van der Waals surface area (Å²) in [6.07, 6.45) is 5.50. The zero-order chi connectivity index (χ0) is 11.7. The van der Waals surface area contributed by atoms with Crippen molar-refractivity contribution >= 4 is 22.9 Å². The monoisotopic (exact) mass is 270 g/mol. The molecular formula is C13H19ClN2S. The van der Waals surface area contributed by atoms with Crippen molar-refractivity contribution in [1.29, 1.82) is 0 Å². The molecule has 2 nitrogen and oxygen atoms in total. The van der Waals surface area contributed by atoms with Crippen molar-refractivity contribution in [3.63, 3.8) is 0 Å². The number of nitrogens with one attached hydrogen (secondary N) is 1. The molecule has 1 aliphatic carbocycles. The Bertz CT molecular complexity index is 385. The lowest BCUT2D eigenvalue weighted by molar-refractivity contribution is 0.0582. The van der Waals surface area contributed by atoms with Crippen LogP contribution in [0.2, 0.25) is 4.34 Å². The first-order valence-corrected chi connectivity index (χ1v) is 7.68. The highest BCUT2D eigenvalue weighted by atomic mass is 35.5. The van der Waals surface area contributed by atoms with Crippen LogP contribution in [0, 0.1) is 0 Å². The molecule has 1 aromatic rings. The van der Waals surface area contributed by atoms with E-state index >= 15 is 0 Å². The van der Waals surface area contributed by atoms with Gasteiger partial charge in [-0.25, -0.2) is 0 Å². The number of halogens is 1. The average molecular weight is 271 g/mol. The summed E-state index contributed by atoms with van der Waals surface area (Å²) in [7, 11) is 0. The van der Waals surface area contributed by atoms with Gasteiger partial charge in [-0.2, -0.15) is 0 Å². The van der Waals surface area contributed by atoms with Crippen LogP contribution in [0.3, 0.4) is 0 Å². The van der Waals surface area contributed by atoms with E-state index in [1.54, 1.807) is 11.3 Å². The van der Waals surface area contributed by atoms with Gasteiger partial charge in [0.15, 0.2) is 0 Å². The summed E-state index contributed by atoms with van der Waals surface area (Å²) in [4.78, 5) is 4.10. The second kappa shape index (κ2) is 4.88. The quantitative estimate of drug-likeness (QED) is 0.888. The predicted molar refractivity (Wildman–Crippen MR) is 73.8 cm³/mol. The zero-order valence-electron chi connectivity index (χ0n) is 10.0. The van der Waals surface area contributed by atoms with Gasteiger partial charge in [-0.1, -0.05) is 24.4 Å². The molecule has 1 N–H and O–H groups in total. The molecule has 0 radical (unpaired) electrons. The molecule has 2 fully saturated rings. The first-order chi connectivity index (χ1) is 8.28. The third-order valence-electron chi connectivity index (χ3n) is 4.19. The molecule has 94 valence electrons. The highest BCUT2D eigenvalue weighted by Crippen LogP contribution is 2.37. The zero-order valence-corrected chi connectivity index (χ0v) is 11.6. The topological polar surface area (TPSA) is 15.3 Å². The summed E-state index contributed by atoms with van der Waals surface area (Å²) < 4.78 is 0.913. The Morgan fingerprint density at radius 3 is 2.88 bits per heavy atom. The van der Waals surface area contributed by atoms with Crippen LogP contribution in [0.1, 0.15) is 30.6 Å². The Morgan fingerprint density at radius 1 is 1.35 bits per heavy atom. The van der Waals surface area contributed by atoms with Gasteiger partial charge in [-0.05, 0) is 25.0 Å². The van der Waals surface area contributed by atoms with Crippen molar-refractivity contribution in [2.24, 2.45) is 0 Å². The SMILES string of the molecule is Clc1ccc(CN2CCNCC23CCCC3)s1. The summed E-state index contributed by atoms with van der Waals surface area (Å²) in [6, 6.07) is 4.20. The number of hydrogen-bond acceptors (Lipinski definition) is 3. The fraction of sp³-hybridized carbons (Fsp3) is 0.692. The van der Waals surface area contributed by atoms with E-state index in [4.69, 9.17) is 11.6 Å². The van der Waals surface area contributed by atoms with E-state index in [0.717, 1.165) is 17.4 Å². The molecule has 3 rings (SSSR count). The van der Waals surface area contributed by atoms with Crippen LogP contribution in [0.15, 0.2) is 12.1 Å². The fourth-order valence-corrected chi connectivity index (χ4v) is 4.39. The normalized spacial score (nSPS) is 24.5. The molecule has 0 aromatic carbocycles. The summed E-state index contributed by atoms with van der Waals surface area (Å²) in [5.41, 5.74) is 0.439. The fourth-order valence-electron chi connectivity index (χ4n) is 3.28. The highest BCUT2D eigenvalue weighted by Gasteiger charge is 2.40. The van der Waals surface area contributed by atoms with Crippen LogP contribution in [-0.2, 0) is 6.54 Å². The van der Waals surface area contributed by atoms with E-state index < -0.39 is 0 Å². The molecule has 0 amide bonds. The van der Waals surface area contributed by atoms with Gasteiger partial charge >= 0.3 is 0 Å². The van der Waals surface area contributed by atoms with Gasteiger partial charge in [0.05, 0.1) is 4.34 Å². The highest BCUT2D eigenvalue weighted by molar-refractivity contribution is 7.16. The number of hydrogen-bond donors (Lipinski definition) is 1. The van der Waals surface area contributed by atoms with Gasteiger partial charge in [0.2, 0.25) is 0 Å². The van der Waals surface area contributed by atoms with E-state index in [0.29, 0.717) is 5.54 Å². The molecule has 4 heteroatoms. The van der Waals surface area contributed by atoms with E-state index in [9.17, 15) is 0 Å². The van der Waals surface area contributed by atoms with Crippen molar-refractivity contribution < 1.29 is 0 Å². The molecule has 2 heterocycles. The summed E-state index contributed by atoms with van der Waals surface area (Å²) >= 11 is 7.74. The van der Waals surface area contributed by atoms with Crippen molar-refractivity contribution in [3.8, 4) is 0 Å². The van der Waals surface area contributed by atoms with Crippen molar-refractivity contribution in [2.45, 2.75) is 37.8 Å². The summed E-state index contributed by atoms with van der Waals surface area (Å²) in [5.74, 6) is 0. The number of piperazine rings is 1. The molecule has 1 saturated heterocycles.